The highest BCUT2D eigenvalue weighted by atomic mass is 16.3. The minimum absolute atomic E-state index is 0.0763. The molecule has 0 amide bonds. The van der Waals surface area contributed by atoms with Gasteiger partial charge in [0.15, 0.2) is 0 Å². The summed E-state index contributed by atoms with van der Waals surface area (Å²) in [6.45, 7) is 2.33. The van der Waals surface area contributed by atoms with E-state index in [1.807, 2.05) is 6.08 Å². The van der Waals surface area contributed by atoms with E-state index in [9.17, 15) is 10.2 Å². The topological polar surface area (TPSA) is 40.5 Å². The van der Waals surface area contributed by atoms with Gasteiger partial charge in [-0.25, -0.2) is 0 Å². The summed E-state index contributed by atoms with van der Waals surface area (Å²) < 4.78 is 0. The summed E-state index contributed by atoms with van der Waals surface area (Å²) in [5.74, 6) is 2.18. The van der Waals surface area contributed by atoms with Gasteiger partial charge in [0.05, 0.1) is 12.2 Å². The average Bonchev–Trinajstić information content (AvgIpc) is 2.74. The van der Waals surface area contributed by atoms with Crippen LogP contribution in [0.25, 0.3) is 0 Å². The maximum Gasteiger partial charge on any atom is 0.0761 e. The molecule has 0 aromatic rings. The molecular weight excluding hydrogens is 248 g/mol. The second kappa shape index (κ2) is 4.45. The first-order chi connectivity index (χ1) is 9.59. The SMILES string of the molecule is C[C@]12CC[C@@H]3C4=C(CC[C@H]3[C@@H]1CC[C@@H]2O)CC(O)C=C4. The van der Waals surface area contributed by atoms with Crippen molar-refractivity contribution in [3.63, 3.8) is 0 Å². The molecular formula is C18H26O2. The molecule has 2 N–H and O–H groups in total. The van der Waals surface area contributed by atoms with Gasteiger partial charge in [-0.15, -0.1) is 0 Å². The van der Waals surface area contributed by atoms with Gasteiger partial charge < -0.3 is 10.2 Å². The smallest absolute Gasteiger partial charge is 0.0761 e. The van der Waals surface area contributed by atoms with Gasteiger partial charge in [0.2, 0.25) is 0 Å². The summed E-state index contributed by atoms with van der Waals surface area (Å²) in [4.78, 5) is 0. The van der Waals surface area contributed by atoms with Crippen molar-refractivity contribution in [2.75, 3.05) is 0 Å². The Kier molecular flexibility index (Phi) is 2.91. The lowest BCUT2D eigenvalue weighted by Crippen LogP contribution is -2.45. The van der Waals surface area contributed by atoms with E-state index in [1.54, 1.807) is 5.57 Å². The number of rotatable bonds is 0. The standard InChI is InChI=1S/C18H26O2/c1-18-9-8-14-13-5-3-12(19)10-11(13)2-4-15(14)16(18)6-7-17(18)20/h3,5,12,14-17,19-20H,2,4,6-10H2,1H3/t12?,14-,15-,16+,17+,18+/m1/s1. The Morgan fingerprint density at radius 2 is 2.00 bits per heavy atom. The molecule has 20 heavy (non-hydrogen) atoms. The molecule has 4 aliphatic rings. The van der Waals surface area contributed by atoms with Gasteiger partial charge in [-0.05, 0) is 73.7 Å². The predicted molar refractivity (Wildman–Crippen MR) is 79.1 cm³/mol. The quantitative estimate of drug-likeness (QED) is 0.712. The fourth-order valence-electron chi connectivity index (χ4n) is 5.79. The van der Waals surface area contributed by atoms with Gasteiger partial charge in [0.1, 0.15) is 0 Å². The van der Waals surface area contributed by atoms with Crippen LogP contribution >= 0.6 is 0 Å². The van der Waals surface area contributed by atoms with E-state index in [-0.39, 0.29) is 17.6 Å². The fraction of sp³-hybridized carbons (Fsp3) is 0.778. The molecule has 4 aliphatic carbocycles. The largest absolute Gasteiger partial charge is 0.393 e. The minimum Gasteiger partial charge on any atom is -0.393 e. The summed E-state index contributed by atoms with van der Waals surface area (Å²) in [5.41, 5.74) is 3.25. The third-order valence-corrected chi connectivity index (χ3v) is 6.93. The minimum atomic E-state index is -0.257. The average molecular weight is 274 g/mol. The highest BCUT2D eigenvalue weighted by Gasteiger charge is 2.54. The first kappa shape index (κ1) is 13.1. The first-order valence-electron chi connectivity index (χ1n) is 8.36. The van der Waals surface area contributed by atoms with Crippen LogP contribution in [0.3, 0.4) is 0 Å². The van der Waals surface area contributed by atoms with Gasteiger partial charge >= 0.3 is 0 Å². The van der Waals surface area contributed by atoms with Gasteiger partial charge in [-0.3, -0.25) is 0 Å². The Morgan fingerprint density at radius 3 is 2.85 bits per heavy atom. The van der Waals surface area contributed by atoms with Gasteiger partial charge in [0.25, 0.3) is 0 Å². The second-order valence-corrected chi connectivity index (χ2v) is 7.74. The summed E-state index contributed by atoms with van der Waals surface area (Å²) in [6.07, 6.45) is 11.8. The van der Waals surface area contributed by atoms with Crippen LogP contribution in [0.2, 0.25) is 0 Å². The fourth-order valence-corrected chi connectivity index (χ4v) is 5.79. The molecule has 6 atom stereocenters. The maximum atomic E-state index is 10.4. The Morgan fingerprint density at radius 1 is 1.15 bits per heavy atom. The van der Waals surface area contributed by atoms with Crippen molar-refractivity contribution in [3.8, 4) is 0 Å². The highest BCUT2D eigenvalue weighted by molar-refractivity contribution is 5.37. The third kappa shape index (κ3) is 1.70. The van der Waals surface area contributed by atoms with Crippen molar-refractivity contribution < 1.29 is 10.2 Å². The predicted octanol–water partition coefficient (Wildman–Crippen LogP) is 3.20. The number of allylic oxidation sites excluding steroid dienone is 2. The van der Waals surface area contributed by atoms with Crippen LogP contribution in [-0.4, -0.2) is 22.4 Å². The molecule has 2 heteroatoms. The molecule has 0 aliphatic heterocycles. The summed E-state index contributed by atoms with van der Waals surface area (Å²) in [6, 6.07) is 0. The van der Waals surface area contributed by atoms with Crippen LogP contribution in [0.5, 0.6) is 0 Å². The molecule has 0 bridgehead atoms. The molecule has 2 nitrogen and oxygen atoms in total. The zero-order valence-electron chi connectivity index (χ0n) is 12.4. The zero-order chi connectivity index (χ0) is 13.9. The van der Waals surface area contributed by atoms with Crippen molar-refractivity contribution >= 4 is 0 Å². The van der Waals surface area contributed by atoms with Crippen molar-refractivity contribution in [3.05, 3.63) is 23.3 Å². The molecule has 0 aromatic carbocycles. The summed E-state index contributed by atoms with van der Waals surface area (Å²) in [7, 11) is 0. The van der Waals surface area contributed by atoms with Crippen molar-refractivity contribution in [1.82, 2.24) is 0 Å². The van der Waals surface area contributed by atoms with E-state index >= 15 is 0 Å². The van der Waals surface area contributed by atoms with E-state index in [0.717, 1.165) is 18.8 Å². The third-order valence-electron chi connectivity index (χ3n) is 6.93. The molecule has 110 valence electrons. The molecule has 0 saturated heterocycles. The van der Waals surface area contributed by atoms with Crippen LogP contribution < -0.4 is 0 Å². The van der Waals surface area contributed by atoms with Crippen LogP contribution in [-0.2, 0) is 0 Å². The molecule has 2 fully saturated rings. The van der Waals surface area contributed by atoms with Crippen LogP contribution in [0.1, 0.15) is 51.9 Å². The lowest BCUT2D eigenvalue weighted by atomic mass is 9.55. The van der Waals surface area contributed by atoms with E-state index in [4.69, 9.17) is 0 Å². The molecule has 0 heterocycles. The van der Waals surface area contributed by atoms with Crippen molar-refractivity contribution in [2.45, 2.75) is 64.1 Å². The summed E-state index contributed by atoms with van der Waals surface area (Å²) >= 11 is 0. The second-order valence-electron chi connectivity index (χ2n) is 7.74. The van der Waals surface area contributed by atoms with Crippen LogP contribution in [0, 0.1) is 23.2 Å². The Hall–Kier alpha value is -0.600. The molecule has 0 radical (unpaired) electrons. The van der Waals surface area contributed by atoms with Crippen molar-refractivity contribution in [1.29, 1.82) is 0 Å². The van der Waals surface area contributed by atoms with E-state index in [1.165, 1.54) is 37.7 Å². The van der Waals surface area contributed by atoms with Gasteiger partial charge in [0, 0.05) is 0 Å². The molecule has 0 aromatic heterocycles. The Labute approximate surface area is 121 Å². The van der Waals surface area contributed by atoms with Crippen LogP contribution in [0.15, 0.2) is 23.3 Å². The maximum absolute atomic E-state index is 10.4. The number of hydrogen-bond donors (Lipinski definition) is 2. The number of fused-ring (bicyclic) bond motifs is 4. The van der Waals surface area contributed by atoms with Gasteiger partial charge in [-0.1, -0.05) is 24.6 Å². The molecule has 0 spiro atoms. The molecule has 1 unspecified atom stereocenters. The van der Waals surface area contributed by atoms with E-state index < -0.39 is 0 Å². The number of aliphatic hydroxyl groups excluding tert-OH is 2. The number of hydrogen-bond acceptors (Lipinski definition) is 2. The zero-order valence-corrected chi connectivity index (χ0v) is 12.4. The monoisotopic (exact) mass is 274 g/mol. The molecule has 4 rings (SSSR count). The summed E-state index contributed by atoms with van der Waals surface area (Å²) in [5, 5.41) is 20.2. The van der Waals surface area contributed by atoms with Crippen LogP contribution in [0.4, 0.5) is 0 Å². The normalized spacial score (nSPS) is 50.6. The Bertz CT molecular complexity index is 478. The first-order valence-corrected chi connectivity index (χ1v) is 8.36. The highest BCUT2D eigenvalue weighted by Crippen LogP contribution is 2.60. The van der Waals surface area contributed by atoms with Gasteiger partial charge in [-0.2, -0.15) is 0 Å². The lowest BCUT2D eigenvalue weighted by molar-refractivity contribution is -0.0303. The molecule has 2 saturated carbocycles. The van der Waals surface area contributed by atoms with Crippen molar-refractivity contribution in [2.24, 2.45) is 23.2 Å². The lowest BCUT2D eigenvalue weighted by Gasteiger charge is -2.50. The number of aliphatic hydroxyl groups is 2. The Balaban J connectivity index is 1.66. The van der Waals surface area contributed by atoms with E-state index in [0.29, 0.717) is 11.8 Å². The van der Waals surface area contributed by atoms with E-state index in [2.05, 4.69) is 13.0 Å².